The van der Waals surface area contributed by atoms with E-state index in [9.17, 15) is 19.2 Å². The molecule has 1 aromatic carbocycles. The van der Waals surface area contributed by atoms with Gasteiger partial charge in [0.25, 0.3) is 5.56 Å². The summed E-state index contributed by atoms with van der Waals surface area (Å²) < 4.78 is 5.15. The molecule has 0 bridgehead atoms. The molecule has 1 aliphatic carbocycles. The lowest BCUT2D eigenvalue weighted by atomic mass is 9.95. The highest BCUT2D eigenvalue weighted by atomic mass is 32.1. The van der Waals surface area contributed by atoms with E-state index in [1.54, 1.807) is 19.1 Å². The number of para-hydroxylation sites is 1. The Morgan fingerprint density at radius 3 is 2.79 bits per heavy atom. The van der Waals surface area contributed by atoms with Crippen molar-refractivity contribution in [2.24, 2.45) is 5.10 Å². The summed E-state index contributed by atoms with van der Waals surface area (Å²) >= 11 is 1.29. The van der Waals surface area contributed by atoms with Crippen LogP contribution < -0.4 is 16.3 Å². The van der Waals surface area contributed by atoms with Crippen molar-refractivity contribution in [2.45, 2.75) is 32.6 Å². The van der Waals surface area contributed by atoms with Crippen molar-refractivity contribution in [2.75, 3.05) is 11.9 Å². The number of nitrogens with one attached hydrogen (secondary N) is 3. The average Bonchev–Trinajstić information content (AvgIpc) is 3.17. The number of hydrogen-bond donors (Lipinski definition) is 3. The maximum Gasteiger partial charge on any atom is 0.341 e. The molecule has 33 heavy (non-hydrogen) atoms. The van der Waals surface area contributed by atoms with E-state index in [0.29, 0.717) is 16.1 Å². The Hall–Kier alpha value is -3.79. The van der Waals surface area contributed by atoms with Gasteiger partial charge >= 0.3 is 17.8 Å². The number of aromatic nitrogens is 1. The molecule has 1 aliphatic rings. The number of carbonyl (C=O) groups is 3. The number of benzene rings is 1. The number of rotatable bonds is 5. The van der Waals surface area contributed by atoms with Gasteiger partial charge in [-0.25, -0.2) is 10.2 Å². The van der Waals surface area contributed by atoms with Crippen LogP contribution in [0.5, 0.6) is 0 Å². The molecule has 0 spiro atoms. The van der Waals surface area contributed by atoms with Crippen LogP contribution >= 0.6 is 11.3 Å². The van der Waals surface area contributed by atoms with Gasteiger partial charge in [0.15, 0.2) is 0 Å². The molecule has 0 fully saturated rings. The molecular weight excluding hydrogens is 444 g/mol. The average molecular weight is 467 g/mol. The fourth-order valence-electron chi connectivity index (χ4n) is 3.70. The molecule has 0 saturated carbocycles. The largest absolute Gasteiger partial charge is 0.462 e. The predicted molar refractivity (Wildman–Crippen MR) is 126 cm³/mol. The zero-order valence-electron chi connectivity index (χ0n) is 17.9. The van der Waals surface area contributed by atoms with Gasteiger partial charge in [0.1, 0.15) is 5.00 Å². The molecule has 4 rings (SSSR count). The number of amides is 2. The molecule has 2 aromatic heterocycles. The van der Waals surface area contributed by atoms with Gasteiger partial charge in [0, 0.05) is 10.4 Å². The van der Waals surface area contributed by atoms with Crippen LogP contribution in [0, 0.1) is 0 Å². The molecule has 2 heterocycles. The number of aryl methyl sites for hydroxylation is 1. The molecule has 170 valence electrons. The van der Waals surface area contributed by atoms with Crippen molar-refractivity contribution in [3.05, 3.63) is 62.3 Å². The minimum Gasteiger partial charge on any atom is -0.462 e. The van der Waals surface area contributed by atoms with Gasteiger partial charge < -0.3 is 15.0 Å². The smallest absolute Gasteiger partial charge is 0.341 e. The third kappa shape index (κ3) is 4.85. The number of H-pyrrole nitrogens is 1. The van der Waals surface area contributed by atoms with Gasteiger partial charge in [-0.3, -0.25) is 14.4 Å². The van der Waals surface area contributed by atoms with E-state index in [2.05, 4.69) is 20.8 Å². The number of esters is 1. The number of aromatic amines is 1. The summed E-state index contributed by atoms with van der Waals surface area (Å²) in [6.07, 6.45) is 4.68. The molecule has 3 N–H and O–H groups in total. The number of hydrogen-bond acceptors (Lipinski definition) is 7. The number of thiophene rings is 1. The lowest BCUT2D eigenvalue weighted by molar-refractivity contribution is -0.136. The summed E-state index contributed by atoms with van der Waals surface area (Å²) in [5.74, 6) is -2.51. The number of carbonyl (C=O) groups excluding carboxylic acids is 3. The molecule has 0 aliphatic heterocycles. The summed E-state index contributed by atoms with van der Waals surface area (Å²) in [6, 6.07) is 8.88. The predicted octanol–water partition coefficient (Wildman–Crippen LogP) is 2.73. The molecule has 0 saturated heterocycles. The van der Waals surface area contributed by atoms with Gasteiger partial charge in [-0.05, 0) is 55.7 Å². The second-order valence-electron chi connectivity index (χ2n) is 7.43. The van der Waals surface area contributed by atoms with Crippen LogP contribution in [-0.2, 0) is 27.2 Å². The van der Waals surface area contributed by atoms with E-state index in [1.165, 1.54) is 17.6 Å². The maximum absolute atomic E-state index is 12.5. The lowest BCUT2D eigenvalue weighted by Gasteiger charge is -2.12. The van der Waals surface area contributed by atoms with Crippen molar-refractivity contribution in [3.8, 4) is 0 Å². The summed E-state index contributed by atoms with van der Waals surface area (Å²) in [7, 11) is 0. The molecular formula is C23H22N4O5S. The second-order valence-corrected chi connectivity index (χ2v) is 8.53. The first-order valence-corrected chi connectivity index (χ1v) is 11.4. The summed E-state index contributed by atoms with van der Waals surface area (Å²) in [6.45, 7) is 1.92. The van der Waals surface area contributed by atoms with Crippen LogP contribution in [0.25, 0.3) is 10.9 Å². The maximum atomic E-state index is 12.5. The van der Waals surface area contributed by atoms with Crippen molar-refractivity contribution in [1.82, 2.24) is 10.4 Å². The summed E-state index contributed by atoms with van der Waals surface area (Å²) in [4.78, 5) is 53.1. The topological polar surface area (TPSA) is 130 Å². The standard InChI is InChI=1S/C23H22N4O5S/c1-2-32-23(31)18-15-8-4-6-10-17(15)33-22(18)26-20(29)21(30)27-24-12-14-11-13-7-3-5-9-16(13)25-19(14)28/h3,5,7,9,11-12H,2,4,6,8,10H2,1H3,(H,25,28)(H,26,29)(H,27,30)/b24-12+. The minimum atomic E-state index is -1.02. The van der Waals surface area contributed by atoms with E-state index in [4.69, 9.17) is 4.74 Å². The fraction of sp³-hybridized carbons (Fsp3) is 0.261. The van der Waals surface area contributed by atoms with Crippen LogP contribution in [0.4, 0.5) is 5.00 Å². The fourth-order valence-corrected chi connectivity index (χ4v) is 4.98. The zero-order valence-corrected chi connectivity index (χ0v) is 18.7. The molecule has 0 radical (unpaired) electrons. The minimum absolute atomic E-state index is 0.208. The van der Waals surface area contributed by atoms with Gasteiger partial charge in [-0.1, -0.05) is 18.2 Å². The Kier molecular flexibility index (Phi) is 6.64. The number of anilines is 1. The second kappa shape index (κ2) is 9.78. The molecule has 9 nitrogen and oxygen atoms in total. The molecule has 0 atom stereocenters. The van der Waals surface area contributed by atoms with Crippen molar-refractivity contribution < 1.29 is 19.1 Å². The number of nitrogens with zero attached hydrogens (tertiary/aromatic N) is 1. The first-order valence-electron chi connectivity index (χ1n) is 10.6. The van der Waals surface area contributed by atoms with Gasteiger partial charge in [0.2, 0.25) is 0 Å². The Labute approximate surface area is 192 Å². The lowest BCUT2D eigenvalue weighted by Crippen LogP contribution is -2.32. The van der Waals surface area contributed by atoms with Crippen molar-refractivity contribution in [3.63, 3.8) is 0 Å². The van der Waals surface area contributed by atoms with Gasteiger partial charge in [0.05, 0.1) is 23.9 Å². The quantitative estimate of drug-likeness (QED) is 0.230. The zero-order chi connectivity index (χ0) is 23.4. The van der Waals surface area contributed by atoms with Crippen LogP contribution in [0.1, 0.15) is 46.1 Å². The Morgan fingerprint density at radius 1 is 1.18 bits per heavy atom. The Bertz CT molecular complexity index is 1320. The van der Waals surface area contributed by atoms with E-state index < -0.39 is 17.8 Å². The first kappa shape index (κ1) is 22.4. The van der Waals surface area contributed by atoms with Crippen molar-refractivity contribution >= 4 is 51.2 Å². The normalized spacial score (nSPS) is 13.0. The molecule has 3 aromatic rings. The van der Waals surface area contributed by atoms with E-state index >= 15 is 0 Å². The monoisotopic (exact) mass is 466 g/mol. The highest BCUT2D eigenvalue weighted by Crippen LogP contribution is 2.38. The Balaban J connectivity index is 1.47. The van der Waals surface area contributed by atoms with Crippen LogP contribution in [0.15, 0.2) is 40.2 Å². The summed E-state index contributed by atoms with van der Waals surface area (Å²) in [5, 5.41) is 7.35. The van der Waals surface area contributed by atoms with E-state index in [1.807, 2.05) is 18.2 Å². The van der Waals surface area contributed by atoms with Crippen molar-refractivity contribution in [1.29, 1.82) is 0 Å². The third-order valence-corrected chi connectivity index (χ3v) is 6.44. The van der Waals surface area contributed by atoms with E-state index in [-0.39, 0.29) is 17.7 Å². The molecule has 10 heteroatoms. The SMILES string of the molecule is CCOC(=O)c1c(NC(=O)C(=O)N/N=C/c2cc3ccccc3[nH]c2=O)sc2c1CCCC2. The first-order chi connectivity index (χ1) is 16.0. The highest BCUT2D eigenvalue weighted by Gasteiger charge is 2.28. The number of fused-ring (bicyclic) bond motifs is 2. The number of ether oxygens (including phenoxy) is 1. The van der Waals surface area contributed by atoms with Crippen LogP contribution in [0.2, 0.25) is 0 Å². The molecule has 2 amide bonds. The number of pyridine rings is 1. The van der Waals surface area contributed by atoms with E-state index in [0.717, 1.165) is 41.5 Å². The molecule has 0 unspecified atom stereocenters. The third-order valence-electron chi connectivity index (χ3n) is 5.24. The Morgan fingerprint density at radius 2 is 1.97 bits per heavy atom. The van der Waals surface area contributed by atoms with Gasteiger partial charge in [-0.15, -0.1) is 11.3 Å². The summed E-state index contributed by atoms with van der Waals surface area (Å²) in [5.41, 5.74) is 3.85. The van der Waals surface area contributed by atoms with Gasteiger partial charge in [-0.2, -0.15) is 5.10 Å². The van der Waals surface area contributed by atoms with Crippen LogP contribution in [0.3, 0.4) is 0 Å². The number of hydrazone groups is 1. The highest BCUT2D eigenvalue weighted by molar-refractivity contribution is 7.17. The van der Waals surface area contributed by atoms with Crippen LogP contribution in [-0.4, -0.2) is 35.6 Å².